The number of rotatable bonds is 16. The maximum Gasteiger partial charge on any atom is 0.336 e. The Kier molecular flexibility index (Phi) is 11.3. The summed E-state index contributed by atoms with van der Waals surface area (Å²) < 4.78 is 35.3. The lowest BCUT2D eigenvalue weighted by atomic mass is 10.1. The van der Waals surface area contributed by atoms with Gasteiger partial charge in [-0.1, -0.05) is 86.0 Å². The first kappa shape index (κ1) is 33.6. The van der Waals surface area contributed by atoms with Crippen LogP contribution in [-0.4, -0.2) is 37.7 Å². The summed E-state index contributed by atoms with van der Waals surface area (Å²) in [6.07, 6.45) is -1.21. The second-order valence-electron chi connectivity index (χ2n) is 11.2. The molecule has 0 aliphatic carbocycles. The molecule has 0 heterocycles. The van der Waals surface area contributed by atoms with Crippen molar-refractivity contribution in [3.05, 3.63) is 133 Å². The fourth-order valence-corrected chi connectivity index (χ4v) is 4.78. The smallest absolute Gasteiger partial charge is 0.336 e. The van der Waals surface area contributed by atoms with Crippen molar-refractivity contribution in [2.45, 2.75) is 39.3 Å². The van der Waals surface area contributed by atoms with Crippen molar-refractivity contribution in [1.82, 2.24) is 0 Å². The highest BCUT2D eigenvalue weighted by atomic mass is 16.7. The van der Waals surface area contributed by atoms with Crippen molar-refractivity contribution >= 4 is 33.5 Å². The van der Waals surface area contributed by atoms with Gasteiger partial charge in [0.15, 0.2) is 0 Å². The van der Waals surface area contributed by atoms with Gasteiger partial charge in [0.2, 0.25) is 12.6 Å². The maximum atomic E-state index is 12.3. The SMILES string of the molecule is C=C(C)C(=O)OC(CCOc1ccc(OCCC(OC(=O)C(=C)C)Oc2cccc3ccccc23)cc1)Oc1cccc2ccccc12. The number of ether oxygens (including phenoxy) is 6. The molecule has 2 atom stereocenters. The van der Waals surface area contributed by atoms with Crippen LogP contribution in [0.4, 0.5) is 0 Å². The van der Waals surface area contributed by atoms with E-state index in [0.29, 0.717) is 23.0 Å². The summed E-state index contributed by atoms with van der Waals surface area (Å²) in [7, 11) is 0. The lowest BCUT2D eigenvalue weighted by molar-refractivity contribution is -0.161. The molecule has 0 radical (unpaired) electrons. The molecule has 2 unspecified atom stereocenters. The average Bonchev–Trinajstić information content (AvgIpc) is 3.09. The third-order valence-corrected chi connectivity index (χ3v) is 7.26. The second-order valence-corrected chi connectivity index (χ2v) is 11.2. The van der Waals surface area contributed by atoms with Gasteiger partial charge in [0, 0.05) is 21.9 Å². The first-order valence-electron chi connectivity index (χ1n) is 15.6. The highest BCUT2D eigenvalue weighted by Crippen LogP contribution is 2.29. The summed E-state index contributed by atoms with van der Waals surface area (Å²) in [4.78, 5) is 24.7. The van der Waals surface area contributed by atoms with Gasteiger partial charge in [0.1, 0.15) is 23.0 Å². The van der Waals surface area contributed by atoms with Crippen LogP contribution in [0.5, 0.6) is 23.0 Å². The second kappa shape index (κ2) is 16.2. The summed E-state index contributed by atoms with van der Waals surface area (Å²) >= 11 is 0. The van der Waals surface area contributed by atoms with Crippen molar-refractivity contribution in [1.29, 1.82) is 0 Å². The first-order valence-corrected chi connectivity index (χ1v) is 15.6. The van der Waals surface area contributed by atoms with Crippen molar-refractivity contribution in [2.75, 3.05) is 13.2 Å². The highest BCUT2D eigenvalue weighted by molar-refractivity contribution is 5.90. The van der Waals surface area contributed by atoms with Crippen LogP contribution < -0.4 is 18.9 Å². The van der Waals surface area contributed by atoms with E-state index in [9.17, 15) is 9.59 Å². The third kappa shape index (κ3) is 9.16. The van der Waals surface area contributed by atoms with E-state index in [2.05, 4.69) is 13.2 Å². The number of carbonyl (C=O) groups excluding carboxylic acids is 2. The summed E-state index contributed by atoms with van der Waals surface area (Å²) in [5, 5.41) is 3.85. The Balaban J connectivity index is 1.15. The molecule has 0 aromatic heterocycles. The minimum atomic E-state index is -0.884. The molecule has 0 saturated heterocycles. The molecule has 0 amide bonds. The van der Waals surface area contributed by atoms with Crippen molar-refractivity contribution in [3.63, 3.8) is 0 Å². The van der Waals surface area contributed by atoms with Gasteiger partial charge in [-0.3, -0.25) is 0 Å². The van der Waals surface area contributed by atoms with Crippen LogP contribution in [0.3, 0.4) is 0 Å². The van der Waals surface area contributed by atoms with Gasteiger partial charge in [-0.15, -0.1) is 0 Å². The van der Waals surface area contributed by atoms with Gasteiger partial charge in [-0.25, -0.2) is 9.59 Å². The van der Waals surface area contributed by atoms with Crippen molar-refractivity contribution in [3.8, 4) is 23.0 Å². The zero-order chi connectivity index (χ0) is 33.9. The summed E-state index contributed by atoms with van der Waals surface area (Å²) in [6.45, 7) is 11.0. The minimum absolute atomic E-state index is 0.223. The largest absolute Gasteiger partial charge is 0.493 e. The van der Waals surface area contributed by atoms with Crippen LogP contribution in [0, 0.1) is 0 Å². The van der Waals surface area contributed by atoms with Crippen molar-refractivity contribution < 1.29 is 38.0 Å². The predicted octanol–water partition coefficient (Wildman–Crippen LogP) is 8.58. The fourth-order valence-electron chi connectivity index (χ4n) is 4.78. The molecule has 8 nitrogen and oxygen atoms in total. The standard InChI is InChI=1S/C40H38O8/c1-27(2)39(41)47-37(45-35-17-9-13-29-11-5-7-15-33(29)35)23-25-43-31-19-21-32(22-20-31)44-26-24-38(48-40(42)28(3)4)46-36-18-10-14-30-12-6-8-16-34(30)36/h5-22,37-38H,1,3,23-26H2,2,4H3. The number of hydrogen-bond donors (Lipinski definition) is 0. The topological polar surface area (TPSA) is 89.5 Å². The molecular formula is C40H38O8. The Morgan fingerprint density at radius 2 is 0.917 bits per heavy atom. The van der Waals surface area contributed by atoms with Gasteiger partial charge in [0.05, 0.1) is 26.1 Å². The molecule has 48 heavy (non-hydrogen) atoms. The zero-order valence-corrected chi connectivity index (χ0v) is 27.1. The molecule has 0 bridgehead atoms. The zero-order valence-electron chi connectivity index (χ0n) is 27.1. The molecule has 0 fully saturated rings. The average molecular weight is 647 g/mol. The van der Waals surface area contributed by atoms with Gasteiger partial charge >= 0.3 is 11.9 Å². The van der Waals surface area contributed by atoms with Crippen LogP contribution >= 0.6 is 0 Å². The maximum absolute atomic E-state index is 12.3. The summed E-state index contributed by atoms with van der Waals surface area (Å²) in [5.41, 5.74) is 0.553. The molecule has 0 aliphatic heterocycles. The molecule has 8 heteroatoms. The van der Waals surface area contributed by atoms with Crippen LogP contribution in [-0.2, 0) is 19.1 Å². The van der Waals surface area contributed by atoms with E-state index in [0.717, 1.165) is 21.5 Å². The molecule has 246 valence electrons. The normalized spacial score (nSPS) is 12.0. The number of fused-ring (bicyclic) bond motifs is 2. The van der Waals surface area contributed by atoms with E-state index in [1.807, 2.05) is 84.9 Å². The Bertz CT molecular complexity index is 1750. The Labute approximate surface area is 280 Å². The minimum Gasteiger partial charge on any atom is -0.493 e. The van der Waals surface area contributed by atoms with E-state index in [4.69, 9.17) is 28.4 Å². The number of carbonyl (C=O) groups is 2. The van der Waals surface area contributed by atoms with Crippen LogP contribution in [0.15, 0.2) is 133 Å². The molecule has 5 aromatic carbocycles. The number of esters is 2. The molecule has 5 aromatic rings. The molecule has 0 spiro atoms. The fraction of sp³-hybridized carbons (Fsp3) is 0.200. The van der Waals surface area contributed by atoms with Crippen LogP contribution in [0.1, 0.15) is 26.7 Å². The Hall–Kier alpha value is -5.76. The highest BCUT2D eigenvalue weighted by Gasteiger charge is 2.20. The van der Waals surface area contributed by atoms with E-state index in [-0.39, 0.29) is 37.2 Å². The van der Waals surface area contributed by atoms with Crippen LogP contribution in [0.25, 0.3) is 21.5 Å². The summed E-state index contributed by atoms with van der Waals surface area (Å²) in [6, 6.07) is 34.2. The first-order chi connectivity index (χ1) is 23.3. The quantitative estimate of drug-likeness (QED) is 0.0598. The summed E-state index contributed by atoms with van der Waals surface area (Å²) in [5.74, 6) is 1.33. The Morgan fingerprint density at radius 3 is 1.31 bits per heavy atom. The van der Waals surface area contributed by atoms with Gasteiger partial charge in [0.25, 0.3) is 0 Å². The molecule has 0 saturated carbocycles. The monoisotopic (exact) mass is 646 g/mol. The number of benzene rings is 5. The van der Waals surface area contributed by atoms with Gasteiger partial charge in [-0.05, 0) is 61.0 Å². The van der Waals surface area contributed by atoms with Crippen LogP contribution in [0.2, 0.25) is 0 Å². The number of hydrogen-bond acceptors (Lipinski definition) is 8. The predicted molar refractivity (Wildman–Crippen MR) is 185 cm³/mol. The van der Waals surface area contributed by atoms with E-state index in [1.165, 1.54) is 0 Å². The third-order valence-electron chi connectivity index (χ3n) is 7.26. The van der Waals surface area contributed by atoms with E-state index < -0.39 is 24.5 Å². The Morgan fingerprint density at radius 1 is 0.542 bits per heavy atom. The van der Waals surface area contributed by atoms with Gasteiger partial charge < -0.3 is 28.4 Å². The lowest BCUT2D eigenvalue weighted by Gasteiger charge is -2.21. The molecule has 0 aliphatic rings. The van der Waals surface area contributed by atoms with Crippen molar-refractivity contribution in [2.24, 2.45) is 0 Å². The molecular weight excluding hydrogens is 608 g/mol. The van der Waals surface area contributed by atoms with E-state index >= 15 is 0 Å². The molecule has 5 rings (SSSR count). The van der Waals surface area contributed by atoms with Gasteiger partial charge in [-0.2, -0.15) is 0 Å². The molecule has 0 N–H and O–H groups in total. The van der Waals surface area contributed by atoms with E-state index in [1.54, 1.807) is 38.1 Å². The lowest BCUT2D eigenvalue weighted by Crippen LogP contribution is -2.27.